The van der Waals surface area contributed by atoms with Crippen LogP contribution >= 0.6 is 0 Å². The minimum atomic E-state index is -0.985. The number of aryl methyl sites for hydroxylation is 1. The maximum Gasteiger partial charge on any atom is 0.337 e. The number of carboxylic acid groups (broad SMARTS) is 1. The lowest BCUT2D eigenvalue weighted by atomic mass is 10.0. The Morgan fingerprint density at radius 3 is 2.22 bits per heavy atom. The van der Waals surface area contributed by atoms with E-state index in [0.29, 0.717) is 5.69 Å². The summed E-state index contributed by atoms with van der Waals surface area (Å²) in [5.41, 5.74) is 1.54. The normalized spacial score (nSPS) is 12.6. The number of esters is 1. The van der Waals surface area contributed by atoms with Crippen molar-refractivity contribution in [3.63, 3.8) is 0 Å². The van der Waals surface area contributed by atoms with Crippen LogP contribution in [0.15, 0.2) is 6.07 Å². The van der Waals surface area contributed by atoms with E-state index in [1.807, 2.05) is 13.8 Å². The zero-order valence-electron chi connectivity index (χ0n) is 11.4. The molecule has 1 atom stereocenters. The molecule has 18 heavy (non-hydrogen) atoms. The number of aromatic nitrogens is 1. The van der Waals surface area contributed by atoms with E-state index in [1.165, 1.54) is 7.11 Å². The Balaban J connectivity index is 3.38. The van der Waals surface area contributed by atoms with Gasteiger partial charge in [-0.3, -0.25) is 0 Å². The molecule has 0 amide bonds. The van der Waals surface area contributed by atoms with E-state index >= 15 is 0 Å². The van der Waals surface area contributed by atoms with Crippen molar-refractivity contribution in [2.24, 2.45) is 5.92 Å². The van der Waals surface area contributed by atoms with Gasteiger partial charge in [0.2, 0.25) is 0 Å². The number of hydrogen-bond donors (Lipinski definition) is 1. The van der Waals surface area contributed by atoms with Gasteiger partial charge in [0.05, 0.1) is 12.7 Å². The number of aromatic carboxylic acids is 1. The third kappa shape index (κ3) is 2.39. The van der Waals surface area contributed by atoms with E-state index in [2.05, 4.69) is 0 Å². The summed E-state index contributed by atoms with van der Waals surface area (Å²) in [5, 5.41) is 9.09. The number of carboxylic acids is 1. The smallest absolute Gasteiger partial charge is 0.337 e. The first kappa shape index (κ1) is 14.3. The minimum absolute atomic E-state index is 0.0175. The quantitative estimate of drug-likeness (QED) is 0.835. The van der Waals surface area contributed by atoms with Crippen molar-refractivity contribution in [2.45, 2.75) is 33.7 Å². The molecule has 5 nitrogen and oxygen atoms in total. The van der Waals surface area contributed by atoms with Gasteiger partial charge >= 0.3 is 11.9 Å². The maximum atomic E-state index is 11.8. The Kier molecular flexibility index (Phi) is 4.16. The van der Waals surface area contributed by atoms with Crippen LogP contribution < -0.4 is 0 Å². The summed E-state index contributed by atoms with van der Waals surface area (Å²) in [6.45, 7) is 7.30. The molecule has 0 aliphatic carbocycles. The third-order valence-electron chi connectivity index (χ3n) is 3.07. The Morgan fingerprint density at radius 1 is 1.33 bits per heavy atom. The lowest BCUT2D eigenvalue weighted by Crippen LogP contribution is -2.27. The Bertz CT molecular complexity index is 474. The molecule has 100 valence electrons. The highest BCUT2D eigenvalue weighted by molar-refractivity contribution is 5.89. The summed E-state index contributed by atoms with van der Waals surface area (Å²) in [5.74, 6) is -1.32. The number of carbonyl (C=O) groups excluding carboxylic acids is 1. The second-order valence-corrected chi connectivity index (χ2v) is 4.67. The van der Waals surface area contributed by atoms with Gasteiger partial charge < -0.3 is 14.4 Å². The fourth-order valence-electron chi connectivity index (χ4n) is 2.22. The first-order chi connectivity index (χ1) is 8.31. The average Bonchev–Trinajstić information content (AvgIpc) is 2.56. The molecule has 0 aromatic carbocycles. The van der Waals surface area contributed by atoms with Crippen molar-refractivity contribution >= 4 is 11.9 Å². The molecule has 1 unspecified atom stereocenters. The number of carbonyl (C=O) groups is 2. The monoisotopic (exact) mass is 253 g/mol. The van der Waals surface area contributed by atoms with Gasteiger partial charge in [-0.1, -0.05) is 13.8 Å². The van der Waals surface area contributed by atoms with Crippen LogP contribution in [0, 0.1) is 19.8 Å². The van der Waals surface area contributed by atoms with Gasteiger partial charge in [-0.15, -0.1) is 0 Å². The van der Waals surface area contributed by atoms with Crippen LogP contribution in [0.4, 0.5) is 0 Å². The largest absolute Gasteiger partial charge is 0.478 e. The minimum Gasteiger partial charge on any atom is -0.478 e. The zero-order valence-corrected chi connectivity index (χ0v) is 11.4. The van der Waals surface area contributed by atoms with E-state index in [0.717, 1.165) is 5.69 Å². The molecule has 0 radical (unpaired) electrons. The van der Waals surface area contributed by atoms with E-state index in [4.69, 9.17) is 9.84 Å². The number of methoxy groups -OCH3 is 1. The highest BCUT2D eigenvalue weighted by atomic mass is 16.5. The Labute approximate surface area is 106 Å². The number of ether oxygens (including phenoxy) is 1. The maximum absolute atomic E-state index is 11.8. The molecule has 0 fully saturated rings. The average molecular weight is 253 g/mol. The highest BCUT2D eigenvalue weighted by Crippen LogP contribution is 2.26. The van der Waals surface area contributed by atoms with Crippen LogP contribution in [0.25, 0.3) is 0 Å². The standard InChI is InChI=1S/C13H19NO4/c1-7(2)11(13(17)18-5)14-8(3)6-10(9(14)4)12(15)16/h6-7,11H,1-5H3,(H,15,16). The SMILES string of the molecule is COC(=O)C(C(C)C)n1c(C)cc(C(=O)O)c1C. The predicted octanol–water partition coefficient (Wildman–Crippen LogP) is 2.17. The van der Waals surface area contributed by atoms with Crippen LogP contribution in [0.5, 0.6) is 0 Å². The zero-order chi connectivity index (χ0) is 14.0. The molecule has 0 aliphatic heterocycles. The first-order valence-electron chi connectivity index (χ1n) is 5.80. The molecule has 0 bridgehead atoms. The molecule has 1 N–H and O–H groups in total. The van der Waals surface area contributed by atoms with Gasteiger partial charge in [-0.25, -0.2) is 9.59 Å². The summed E-state index contributed by atoms with van der Waals surface area (Å²) in [4.78, 5) is 22.9. The first-order valence-corrected chi connectivity index (χ1v) is 5.80. The Hall–Kier alpha value is -1.78. The van der Waals surface area contributed by atoms with Crippen molar-refractivity contribution in [3.05, 3.63) is 23.0 Å². The van der Waals surface area contributed by atoms with Gasteiger partial charge in [-0.05, 0) is 25.8 Å². The second-order valence-electron chi connectivity index (χ2n) is 4.67. The lowest BCUT2D eigenvalue weighted by Gasteiger charge is -2.23. The molecule has 1 rings (SSSR count). The van der Waals surface area contributed by atoms with Gasteiger partial charge in [0.1, 0.15) is 6.04 Å². The molecular weight excluding hydrogens is 234 g/mol. The van der Waals surface area contributed by atoms with Gasteiger partial charge in [0.15, 0.2) is 0 Å². The summed E-state index contributed by atoms with van der Waals surface area (Å²) in [6.07, 6.45) is 0. The van der Waals surface area contributed by atoms with Crippen LogP contribution in [0.2, 0.25) is 0 Å². The number of rotatable bonds is 4. The fraction of sp³-hybridized carbons (Fsp3) is 0.538. The van der Waals surface area contributed by atoms with Gasteiger partial charge in [0.25, 0.3) is 0 Å². The molecule has 1 heterocycles. The molecule has 0 spiro atoms. The molecule has 0 saturated heterocycles. The molecule has 5 heteroatoms. The van der Waals surface area contributed by atoms with E-state index in [-0.39, 0.29) is 17.5 Å². The summed E-state index contributed by atoms with van der Waals surface area (Å²) >= 11 is 0. The summed E-state index contributed by atoms with van der Waals surface area (Å²) in [6, 6.07) is 1.08. The van der Waals surface area contributed by atoms with E-state index < -0.39 is 12.0 Å². The highest BCUT2D eigenvalue weighted by Gasteiger charge is 2.29. The van der Waals surface area contributed by atoms with Crippen LogP contribution in [-0.4, -0.2) is 28.7 Å². The van der Waals surface area contributed by atoms with E-state index in [9.17, 15) is 9.59 Å². The molecule has 0 aliphatic rings. The fourth-order valence-corrected chi connectivity index (χ4v) is 2.22. The van der Waals surface area contributed by atoms with Crippen molar-refractivity contribution in [2.75, 3.05) is 7.11 Å². The summed E-state index contributed by atoms with van der Waals surface area (Å²) in [7, 11) is 1.34. The van der Waals surface area contributed by atoms with Crippen molar-refractivity contribution in [1.29, 1.82) is 0 Å². The number of hydrogen-bond acceptors (Lipinski definition) is 3. The molecule has 1 aromatic rings. The van der Waals surface area contributed by atoms with Crippen LogP contribution in [0.3, 0.4) is 0 Å². The van der Waals surface area contributed by atoms with Gasteiger partial charge in [-0.2, -0.15) is 0 Å². The van der Waals surface area contributed by atoms with Crippen LogP contribution in [0.1, 0.15) is 41.6 Å². The number of nitrogens with zero attached hydrogens (tertiary/aromatic N) is 1. The van der Waals surface area contributed by atoms with E-state index in [1.54, 1.807) is 24.5 Å². The second kappa shape index (κ2) is 5.25. The van der Waals surface area contributed by atoms with Gasteiger partial charge in [0, 0.05) is 11.4 Å². The molecule has 1 aromatic heterocycles. The summed E-state index contributed by atoms with van der Waals surface area (Å²) < 4.78 is 6.54. The van der Waals surface area contributed by atoms with Crippen LogP contribution in [-0.2, 0) is 9.53 Å². The topological polar surface area (TPSA) is 68.5 Å². The van der Waals surface area contributed by atoms with Crippen molar-refractivity contribution in [3.8, 4) is 0 Å². The van der Waals surface area contributed by atoms with Crippen molar-refractivity contribution < 1.29 is 19.4 Å². The lowest BCUT2D eigenvalue weighted by molar-refractivity contribution is -0.146. The predicted molar refractivity (Wildman–Crippen MR) is 66.8 cm³/mol. The third-order valence-corrected chi connectivity index (χ3v) is 3.07. The van der Waals surface area contributed by atoms with Crippen molar-refractivity contribution in [1.82, 2.24) is 4.57 Å². The Morgan fingerprint density at radius 2 is 1.89 bits per heavy atom. The molecular formula is C13H19NO4. The molecule has 0 saturated carbocycles.